The predicted octanol–water partition coefficient (Wildman–Crippen LogP) is 4.63. The standard InChI is InChI=1S/C23H25ClFN3O/c24-19-5-3-17(4-6-19)16-28(12-11-27-9-1-2-10-27)23(29)13-18-15-26-22-14-20(25)7-8-21(18)22/h3-8,14-15,26H,1-2,9-13,16H2. The van der Waals surface area contributed by atoms with Crippen LogP contribution in [0.25, 0.3) is 10.9 Å². The van der Waals surface area contributed by atoms with E-state index >= 15 is 0 Å². The van der Waals surface area contributed by atoms with Crippen molar-refractivity contribution in [2.24, 2.45) is 0 Å². The molecule has 1 saturated heterocycles. The molecule has 0 unspecified atom stereocenters. The number of amides is 1. The molecule has 0 spiro atoms. The summed E-state index contributed by atoms with van der Waals surface area (Å²) in [5.74, 6) is -0.212. The largest absolute Gasteiger partial charge is 0.361 e. The minimum Gasteiger partial charge on any atom is -0.361 e. The molecule has 1 aliphatic heterocycles. The maximum Gasteiger partial charge on any atom is 0.227 e. The fourth-order valence-electron chi connectivity index (χ4n) is 3.95. The zero-order valence-electron chi connectivity index (χ0n) is 16.3. The number of aromatic amines is 1. The Kier molecular flexibility index (Phi) is 6.16. The Balaban J connectivity index is 1.49. The van der Waals surface area contributed by atoms with Crippen LogP contribution in [0.4, 0.5) is 4.39 Å². The van der Waals surface area contributed by atoms with E-state index in [1.54, 1.807) is 6.07 Å². The third-order valence-electron chi connectivity index (χ3n) is 5.60. The molecule has 2 aromatic carbocycles. The van der Waals surface area contributed by atoms with Crippen molar-refractivity contribution in [2.75, 3.05) is 26.2 Å². The summed E-state index contributed by atoms with van der Waals surface area (Å²) in [5.41, 5.74) is 2.67. The predicted molar refractivity (Wildman–Crippen MR) is 115 cm³/mol. The van der Waals surface area contributed by atoms with Crippen LogP contribution in [-0.2, 0) is 17.8 Å². The Morgan fingerprint density at radius 1 is 1.14 bits per heavy atom. The number of aromatic nitrogens is 1. The van der Waals surface area contributed by atoms with Gasteiger partial charge in [0.2, 0.25) is 5.91 Å². The molecule has 0 bridgehead atoms. The maximum absolute atomic E-state index is 13.4. The van der Waals surface area contributed by atoms with Crippen molar-refractivity contribution in [1.82, 2.24) is 14.8 Å². The third kappa shape index (κ3) is 4.98. The van der Waals surface area contributed by atoms with Crippen LogP contribution in [0.2, 0.25) is 5.02 Å². The van der Waals surface area contributed by atoms with Crippen molar-refractivity contribution in [1.29, 1.82) is 0 Å². The molecule has 4 nitrogen and oxygen atoms in total. The topological polar surface area (TPSA) is 39.3 Å². The molecule has 152 valence electrons. The number of halogens is 2. The molecule has 0 radical (unpaired) electrons. The lowest BCUT2D eigenvalue weighted by Crippen LogP contribution is -2.38. The second-order valence-electron chi connectivity index (χ2n) is 7.67. The van der Waals surface area contributed by atoms with Gasteiger partial charge >= 0.3 is 0 Å². The van der Waals surface area contributed by atoms with Gasteiger partial charge in [0.15, 0.2) is 0 Å². The van der Waals surface area contributed by atoms with Gasteiger partial charge in [0.1, 0.15) is 5.82 Å². The van der Waals surface area contributed by atoms with Gasteiger partial charge in [-0.15, -0.1) is 0 Å². The number of benzene rings is 2. The van der Waals surface area contributed by atoms with E-state index in [0.29, 0.717) is 30.0 Å². The smallest absolute Gasteiger partial charge is 0.227 e. The summed E-state index contributed by atoms with van der Waals surface area (Å²) >= 11 is 6.00. The average Bonchev–Trinajstić information content (AvgIpc) is 3.36. The fraction of sp³-hybridized carbons (Fsp3) is 0.348. The molecule has 0 saturated carbocycles. The summed E-state index contributed by atoms with van der Waals surface area (Å²) < 4.78 is 13.4. The van der Waals surface area contributed by atoms with Crippen molar-refractivity contribution in [3.63, 3.8) is 0 Å². The number of H-pyrrole nitrogens is 1. The number of hydrogen-bond acceptors (Lipinski definition) is 2. The Bertz CT molecular complexity index is 979. The Hall–Kier alpha value is -2.37. The number of carbonyl (C=O) groups is 1. The van der Waals surface area contributed by atoms with Gasteiger partial charge in [0.05, 0.1) is 6.42 Å². The lowest BCUT2D eigenvalue weighted by Gasteiger charge is -2.26. The Labute approximate surface area is 175 Å². The number of rotatable bonds is 7. The van der Waals surface area contributed by atoms with Gasteiger partial charge in [-0.3, -0.25) is 4.79 Å². The van der Waals surface area contributed by atoms with Crippen LogP contribution < -0.4 is 0 Å². The van der Waals surface area contributed by atoms with E-state index in [9.17, 15) is 9.18 Å². The number of fused-ring (bicyclic) bond motifs is 1. The molecule has 0 aliphatic carbocycles. The average molecular weight is 414 g/mol. The van der Waals surface area contributed by atoms with Gasteiger partial charge in [0, 0.05) is 41.8 Å². The van der Waals surface area contributed by atoms with Crippen molar-refractivity contribution in [3.05, 3.63) is 70.6 Å². The molecule has 29 heavy (non-hydrogen) atoms. The van der Waals surface area contributed by atoms with E-state index in [1.807, 2.05) is 35.4 Å². The molecule has 4 rings (SSSR count). The van der Waals surface area contributed by atoms with Crippen LogP contribution in [0.3, 0.4) is 0 Å². The van der Waals surface area contributed by atoms with Crippen LogP contribution in [0.5, 0.6) is 0 Å². The zero-order chi connectivity index (χ0) is 20.2. The molecule has 2 heterocycles. The highest BCUT2D eigenvalue weighted by Crippen LogP contribution is 2.21. The molecule has 6 heteroatoms. The first kappa shape index (κ1) is 19.9. The number of nitrogens with one attached hydrogen (secondary N) is 1. The first-order valence-electron chi connectivity index (χ1n) is 10.1. The summed E-state index contributed by atoms with van der Waals surface area (Å²) in [6.07, 6.45) is 4.57. The van der Waals surface area contributed by atoms with Gasteiger partial charge < -0.3 is 14.8 Å². The third-order valence-corrected chi connectivity index (χ3v) is 5.85. The minimum absolute atomic E-state index is 0.0735. The molecular formula is C23H25ClFN3O. The van der Waals surface area contributed by atoms with E-state index in [2.05, 4.69) is 9.88 Å². The quantitative estimate of drug-likeness (QED) is 0.613. The van der Waals surface area contributed by atoms with Gasteiger partial charge in [-0.2, -0.15) is 0 Å². The molecular weight excluding hydrogens is 389 g/mol. The van der Waals surface area contributed by atoms with Gasteiger partial charge in [-0.1, -0.05) is 23.7 Å². The van der Waals surface area contributed by atoms with Crippen molar-refractivity contribution in [3.8, 4) is 0 Å². The molecule has 3 aromatic rings. The van der Waals surface area contributed by atoms with Gasteiger partial charge in [-0.05, 0) is 67.4 Å². The minimum atomic E-state index is -0.285. The first-order valence-corrected chi connectivity index (χ1v) is 10.5. The molecule has 1 aliphatic rings. The highest BCUT2D eigenvalue weighted by Gasteiger charge is 2.19. The monoisotopic (exact) mass is 413 g/mol. The number of hydrogen-bond donors (Lipinski definition) is 1. The van der Waals surface area contributed by atoms with Crippen molar-refractivity contribution in [2.45, 2.75) is 25.8 Å². The highest BCUT2D eigenvalue weighted by atomic mass is 35.5. The SMILES string of the molecule is O=C(Cc1c[nH]c2cc(F)ccc12)N(CCN1CCCC1)Cc1ccc(Cl)cc1. The van der Waals surface area contributed by atoms with Crippen molar-refractivity contribution < 1.29 is 9.18 Å². The van der Waals surface area contributed by atoms with E-state index in [1.165, 1.54) is 25.0 Å². The van der Waals surface area contributed by atoms with E-state index < -0.39 is 0 Å². The number of likely N-dealkylation sites (tertiary alicyclic amines) is 1. The highest BCUT2D eigenvalue weighted by molar-refractivity contribution is 6.30. The second kappa shape index (κ2) is 8.97. The zero-order valence-corrected chi connectivity index (χ0v) is 17.1. The van der Waals surface area contributed by atoms with Crippen LogP contribution in [0.1, 0.15) is 24.0 Å². The van der Waals surface area contributed by atoms with Crippen LogP contribution >= 0.6 is 11.6 Å². The maximum atomic E-state index is 13.4. The molecule has 1 aromatic heterocycles. The lowest BCUT2D eigenvalue weighted by molar-refractivity contribution is -0.131. The Morgan fingerprint density at radius 3 is 2.66 bits per heavy atom. The van der Waals surface area contributed by atoms with Gasteiger partial charge in [-0.25, -0.2) is 4.39 Å². The van der Waals surface area contributed by atoms with E-state index in [0.717, 1.165) is 36.1 Å². The normalized spacial score (nSPS) is 14.6. The molecule has 1 fully saturated rings. The molecule has 0 atom stereocenters. The summed E-state index contributed by atoms with van der Waals surface area (Å²) in [6, 6.07) is 12.3. The summed E-state index contributed by atoms with van der Waals surface area (Å²) in [4.78, 5) is 20.6. The summed E-state index contributed by atoms with van der Waals surface area (Å²) in [7, 11) is 0. The number of carbonyl (C=O) groups excluding carboxylic acids is 1. The molecule has 1 N–H and O–H groups in total. The van der Waals surface area contributed by atoms with E-state index in [-0.39, 0.29) is 11.7 Å². The summed E-state index contributed by atoms with van der Waals surface area (Å²) in [6.45, 7) is 4.35. The van der Waals surface area contributed by atoms with Crippen LogP contribution in [0, 0.1) is 5.82 Å². The van der Waals surface area contributed by atoms with E-state index in [4.69, 9.17) is 11.6 Å². The fourth-order valence-corrected chi connectivity index (χ4v) is 4.08. The van der Waals surface area contributed by atoms with Crippen molar-refractivity contribution >= 4 is 28.4 Å². The lowest BCUT2D eigenvalue weighted by atomic mass is 10.1. The Morgan fingerprint density at radius 2 is 1.90 bits per heavy atom. The first-order chi connectivity index (χ1) is 14.1. The van der Waals surface area contributed by atoms with Crippen LogP contribution in [0.15, 0.2) is 48.7 Å². The molecule has 1 amide bonds. The summed E-state index contributed by atoms with van der Waals surface area (Å²) in [5, 5.41) is 1.58. The number of nitrogens with zero attached hydrogens (tertiary/aromatic N) is 2. The second-order valence-corrected chi connectivity index (χ2v) is 8.11. The van der Waals surface area contributed by atoms with Gasteiger partial charge in [0.25, 0.3) is 0 Å². The van der Waals surface area contributed by atoms with Crippen LogP contribution in [-0.4, -0.2) is 46.9 Å².